The molecule has 1 aromatic heterocycles. The summed E-state index contributed by atoms with van der Waals surface area (Å²) in [6.45, 7) is 1.99. The number of aromatic nitrogens is 2. The maximum absolute atomic E-state index is 12.8. The summed E-state index contributed by atoms with van der Waals surface area (Å²) in [5.41, 5.74) is 4.27. The zero-order valence-corrected chi connectivity index (χ0v) is 18.9. The number of aliphatic hydroxyl groups is 1. The van der Waals surface area contributed by atoms with E-state index in [1.807, 2.05) is 36.4 Å². The number of hydrogen-bond donors (Lipinski definition) is 2. The summed E-state index contributed by atoms with van der Waals surface area (Å²) in [7, 11) is 0. The van der Waals surface area contributed by atoms with Crippen molar-refractivity contribution >= 4 is 0 Å². The van der Waals surface area contributed by atoms with E-state index in [1.165, 1.54) is 18.4 Å². The number of phenolic OH excluding ortho intramolecular Hbond substituents is 1. The minimum absolute atomic E-state index is 0.0254. The van der Waals surface area contributed by atoms with E-state index < -0.39 is 17.1 Å². The van der Waals surface area contributed by atoms with Gasteiger partial charge < -0.3 is 14.9 Å². The molecule has 6 heteroatoms. The SMILES string of the molecule is Oc1ccc2c3c1O[C@H]1c4nnc(-c5ccccc5)cc4C[C@@]4(O)[C@H](C2)N(CC2CC2)CC[C@]314. The number of rotatable bonds is 3. The molecule has 3 heterocycles. The van der Waals surface area contributed by atoms with Gasteiger partial charge in [-0.3, -0.25) is 4.90 Å². The van der Waals surface area contributed by atoms with Crippen molar-refractivity contribution in [3.8, 4) is 22.8 Å². The molecular weight excluding hydrogens is 426 g/mol. The Labute approximate surface area is 198 Å². The van der Waals surface area contributed by atoms with E-state index in [2.05, 4.69) is 16.1 Å². The molecule has 1 saturated carbocycles. The lowest BCUT2D eigenvalue weighted by atomic mass is 9.49. The minimum atomic E-state index is -0.985. The maximum atomic E-state index is 12.8. The summed E-state index contributed by atoms with van der Waals surface area (Å²) < 4.78 is 6.54. The van der Waals surface area contributed by atoms with Crippen LogP contribution in [-0.4, -0.2) is 50.0 Å². The molecule has 1 spiro atoms. The van der Waals surface area contributed by atoms with Crippen molar-refractivity contribution < 1.29 is 14.9 Å². The molecule has 6 nitrogen and oxygen atoms in total. The lowest BCUT2D eigenvalue weighted by molar-refractivity contribution is -0.173. The third-order valence-corrected chi connectivity index (χ3v) is 9.20. The highest BCUT2D eigenvalue weighted by atomic mass is 16.5. The number of aromatic hydroxyl groups is 1. The number of fused-ring (bicyclic) bond motifs is 2. The summed E-state index contributed by atoms with van der Waals surface area (Å²) >= 11 is 0. The van der Waals surface area contributed by atoms with Crippen molar-refractivity contribution in [1.29, 1.82) is 0 Å². The van der Waals surface area contributed by atoms with Crippen LogP contribution in [0.1, 0.15) is 47.8 Å². The third kappa shape index (κ3) is 2.28. The molecule has 3 aliphatic carbocycles. The van der Waals surface area contributed by atoms with Gasteiger partial charge in [-0.25, -0.2) is 0 Å². The molecule has 0 amide bonds. The van der Waals surface area contributed by atoms with Crippen molar-refractivity contribution in [2.45, 2.75) is 55.3 Å². The quantitative estimate of drug-likeness (QED) is 0.632. The first-order valence-electron chi connectivity index (χ1n) is 12.5. The van der Waals surface area contributed by atoms with Crippen LogP contribution in [0.3, 0.4) is 0 Å². The highest BCUT2D eigenvalue weighted by Crippen LogP contribution is 2.68. The molecule has 172 valence electrons. The Morgan fingerprint density at radius 3 is 2.74 bits per heavy atom. The average molecular weight is 454 g/mol. The molecule has 1 saturated heterocycles. The predicted octanol–water partition coefficient (Wildman–Crippen LogP) is 3.55. The summed E-state index contributed by atoms with van der Waals surface area (Å²) in [6, 6.07) is 16.0. The van der Waals surface area contributed by atoms with Gasteiger partial charge in [-0.1, -0.05) is 36.4 Å². The smallest absolute Gasteiger partial charge is 0.166 e. The molecule has 8 rings (SSSR count). The van der Waals surface area contributed by atoms with E-state index in [4.69, 9.17) is 9.84 Å². The first-order chi connectivity index (χ1) is 16.6. The zero-order chi connectivity index (χ0) is 22.7. The summed E-state index contributed by atoms with van der Waals surface area (Å²) in [4.78, 5) is 2.55. The number of likely N-dealkylation sites (tertiary alicyclic amines) is 1. The van der Waals surface area contributed by atoms with Crippen LogP contribution < -0.4 is 4.74 Å². The number of piperidine rings is 1. The molecule has 4 atom stereocenters. The van der Waals surface area contributed by atoms with Gasteiger partial charge in [0.05, 0.1) is 16.7 Å². The lowest BCUT2D eigenvalue weighted by Crippen LogP contribution is -2.74. The Morgan fingerprint density at radius 2 is 1.91 bits per heavy atom. The Hall–Kier alpha value is -2.96. The van der Waals surface area contributed by atoms with E-state index in [0.29, 0.717) is 12.2 Å². The van der Waals surface area contributed by atoms with Crippen molar-refractivity contribution in [1.82, 2.24) is 15.1 Å². The standard InChI is InChI=1S/C28H27N3O3/c32-21-9-8-18-13-22-28(33)14-19-12-20(17-4-2-1-3-5-17)29-30-24(19)26-27(28,23(18)25(21)34-26)10-11-31(22)15-16-6-7-16/h1-5,8-9,12,16,22,26,32-33H,6-7,10-11,13-15H2/t22-,26-,27-,28+/m0/s1. The minimum Gasteiger partial charge on any atom is -0.504 e. The van der Waals surface area contributed by atoms with Crippen LogP contribution in [0.15, 0.2) is 48.5 Å². The Morgan fingerprint density at radius 1 is 1.06 bits per heavy atom. The highest BCUT2D eigenvalue weighted by molar-refractivity contribution is 5.66. The molecule has 0 unspecified atom stereocenters. The molecule has 2 aromatic carbocycles. The summed E-state index contributed by atoms with van der Waals surface area (Å²) in [5, 5.41) is 32.8. The van der Waals surface area contributed by atoms with E-state index in [-0.39, 0.29) is 11.8 Å². The second-order valence-electron chi connectivity index (χ2n) is 10.9. The second-order valence-corrected chi connectivity index (χ2v) is 10.9. The van der Waals surface area contributed by atoms with Crippen LogP contribution in [0.2, 0.25) is 0 Å². The first-order valence-corrected chi connectivity index (χ1v) is 12.5. The van der Waals surface area contributed by atoms with E-state index >= 15 is 0 Å². The van der Waals surface area contributed by atoms with Crippen molar-refractivity contribution in [3.05, 3.63) is 70.9 Å². The van der Waals surface area contributed by atoms with Crippen LogP contribution in [-0.2, 0) is 18.3 Å². The van der Waals surface area contributed by atoms with E-state index in [1.54, 1.807) is 6.07 Å². The average Bonchev–Trinajstić information content (AvgIpc) is 3.59. The molecule has 34 heavy (non-hydrogen) atoms. The molecule has 3 aromatic rings. The van der Waals surface area contributed by atoms with E-state index in [0.717, 1.165) is 59.9 Å². The van der Waals surface area contributed by atoms with Gasteiger partial charge >= 0.3 is 0 Å². The van der Waals surface area contributed by atoms with Crippen LogP contribution in [0.4, 0.5) is 0 Å². The van der Waals surface area contributed by atoms with Gasteiger partial charge in [0.15, 0.2) is 17.6 Å². The van der Waals surface area contributed by atoms with Gasteiger partial charge in [-0.05, 0) is 61.4 Å². The van der Waals surface area contributed by atoms with Crippen LogP contribution in [0.25, 0.3) is 11.3 Å². The number of ether oxygens (including phenoxy) is 1. The van der Waals surface area contributed by atoms with Gasteiger partial charge in [0.25, 0.3) is 0 Å². The van der Waals surface area contributed by atoms with E-state index in [9.17, 15) is 10.2 Å². The molecular formula is C28H27N3O3. The van der Waals surface area contributed by atoms with Crippen molar-refractivity contribution in [2.75, 3.05) is 13.1 Å². The molecule has 2 aliphatic heterocycles. The topological polar surface area (TPSA) is 78.7 Å². The number of phenols is 1. The second kappa shape index (κ2) is 6.37. The van der Waals surface area contributed by atoms with Crippen LogP contribution in [0, 0.1) is 5.92 Å². The summed E-state index contributed by atoms with van der Waals surface area (Å²) in [5.74, 6) is 1.45. The van der Waals surface area contributed by atoms with Crippen molar-refractivity contribution in [2.24, 2.45) is 5.92 Å². The maximum Gasteiger partial charge on any atom is 0.166 e. The monoisotopic (exact) mass is 453 g/mol. The van der Waals surface area contributed by atoms with Crippen molar-refractivity contribution in [3.63, 3.8) is 0 Å². The van der Waals surface area contributed by atoms with Gasteiger partial charge in [0, 0.05) is 30.1 Å². The number of hydrogen-bond acceptors (Lipinski definition) is 6. The fourth-order valence-corrected chi connectivity index (χ4v) is 7.50. The van der Waals surface area contributed by atoms with Gasteiger partial charge in [-0.2, -0.15) is 10.2 Å². The van der Waals surface area contributed by atoms with Crippen LogP contribution in [0.5, 0.6) is 11.5 Å². The normalized spacial score (nSPS) is 32.6. The molecule has 5 aliphatic rings. The van der Waals surface area contributed by atoms with Gasteiger partial charge in [-0.15, -0.1) is 0 Å². The van der Waals surface area contributed by atoms with Crippen LogP contribution >= 0.6 is 0 Å². The van der Waals surface area contributed by atoms with Gasteiger partial charge in [0.2, 0.25) is 0 Å². The predicted molar refractivity (Wildman–Crippen MR) is 126 cm³/mol. The highest BCUT2D eigenvalue weighted by Gasteiger charge is 2.72. The Kier molecular flexibility index (Phi) is 3.63. The zero-order valence-electron chi connectivity index (χ0n) is 18.9. The third-order valence-electron chi connectivity index (χ3n) is 9.20. The Bertz CT molecular complexity index is 1340. The lowest BCUT2D eigenvalue weighted by Gasteiger charge is -2.62. The number of benzene rings is 2. The Balaban J connectivity index is 1.34. The molecule has 2 N–H and O–H groups in total. The summed E-state index contributed by atoms with van der Waals surface area (Å²) in [6.07, 6.45) is 4.26. The molecule has 0 radical (unpaired) electrons. The molecule has 2 bridgehead atoms. The number of nitrogens with zero attached hydrogens (tertiary/aromatic N) is 3. The fourth-order valence-electron chi connectivity index (χ4n) is 7.50. The first kappa shape index (κ1) is 19.4. The largest absolute Gasteiger partial charge is 0.504 e. The molecule has 2 fully saturated rings. The van der Waals surface area contributed by atoms with Gasteiger partial charge in [0.1, 0.15) is 5.69 Å². The fraction of sp³-hybridized carbons (Fsp3) is 0.429.